The molecule has 0 unspecified atom stereocenters. The van der Waals surface area contributed by atoms with E-state index in [0.29, 0.717) is 18.0 Å². The van der Waals surface area contributed by atoms with Gasteiger partial charge in [-0.2, -0.15) is 0 Å². The quantitative estimate of drug-likeness (QED) is 0.842. The summed E-state index contributed by atoms with van der Waals surface area (Å²) in [6.45, 7) is 2.31. The van der Waals surface area contributed by atoms with Crippen LogP contribution in [0.3, 0.4) is 0 Å². The first-order valence-electron chi connectivity index (χ1n) is 7.15. The highest BCUT2D eigenvalue weighted by Crippen LogP contribution is 2.25. The summed E-state index contributed by atoms with van der Waals surface area (Å²) in [6.07, 6.45) is 2.46. The largest absolute Gasteiger partial charge is 0.494 e. The van der Waals surface area contributed by atoms with Crippen molar-refractivity contribution in [1.82, 2.24) is 5.32 Å². The van der Waals surface area contributed by atoms with Gasteiger partial charge in [-0.1, -0.05) is 0 Å². The second-order valence-electron chi connectivity index (χ2n) is 4.96. The van der Waals surface area contributed by atoms with Gasteiger partial charge in [-0.05, 0) is 38.1 Å². The van der Waals surface area contributed by atoms with E-state index in [4.69, 9.17) is 9.47 Å². The predicted octanol–water partition coefficient (Wildman–Crippen LogP) is 1.93. The third-order valence-corrected chi connectivity index (χ3v) is 3.41. The first-order chi connectivity index (χ1) is 10.2. The van der Waals surface area contributed by atoms with Crippen molar-refractivity contribution >= 4 is 11.6 Å². The van der Waals surface area contributed by atoms with Crippen LogP contribution in [0, 0.1) is 5.82 Å². The molecule has 0 aliphatic carbocycles. The fraction of sp³-hybridized carbons (Fsp3) is 0.533. The molecular weight excluding hydrogens is 275 g/mol. The third-order valence-electron chi connectivity index (χ3n) is 3.41. The average Bonchev–Trinajstić information content (AvgIpc) is 2.50. The van der Waals surface area contributed by atoms with Gasteiger partial charge in [-0.3, -0.25) is 4.79 Å². The van der Waals surface area contributed by atoms with Crippen molar-refractivity contribution in [3.8, 4) is 5.75 Å². The highest BCUT2D eigenvalue weighted by atomic mass is 19.1. The van der Waals surface area contributed by atoms with Gasteiger partial charge in [0.1, 0.15) is 11.6 Å². The maximum absolute atomic E-state index is 13.1. The number of amides is 1. The Morgan fingerprint density at radius 2 is 2.19 bits per heavy atom. The minimum Gasteiger partial charge on any atom is -0.494 e. The first-order valence-corrected chi connectivity index (χ1v) is 7.15. The van der Waals surface area contributed by atoms with Crippen molar-refractivity contribution < 1.29 is 18.7 Å². The van der Waals surface area contributed by atoms with Crippen molar-refractivity contribution in [2.75, 3.05) is 32.1 Å². The third kappa shape index (κ3) is 4.99. The molecule has 1 aromatic carbocycles. The molecule has 1 aliphatic rings. The van der Waals surface area contributed by atoms with Crippen LogP contribution >= 0.6 is 0 Å². The van der Waals surface area contributed by atoms with E-state index in [-0.39, 0.29) is 18.4 Å². The molecule has 5 nitrogen and oxygen atoms in total. The highest BCUT2D eigenvalue weighted by molar-refractivity contribution is 5.92. The number of benzene rings is 1. The van der Waals surface area contributed by atoms with E-state index in [0.717, 1.165) is 25.9 Å². The molecule has 6 heteroatoms. The Balaban J connectivity index is 1.76. The van der Waals surface area contributed by atoms with Gasteiger partial charge in [0.15, 0.2) is 0 Å². The standard InChI is InChI=1S/C15H21FN2O3/c1-20-14-10-11(16)2-3-13(14)18-15(19)6-9-21-12-4-7-17-8-5-12/h2-3,10,12,17H,4-9H2,1H3,(H,18,19). The number of piperidine rings is 1. The SMILES string of the molecule is COc1cc(F)ccc1NC(=O)CCOC1CCNCC1. The van der Waals surface area contributed by atoms with Gasteiger partial charge in [0.25, 0.3) is 0 Å². The number of halogens is 1. The number of carbonyl (C=O) groups excluding carboxylic acids is 1. The zero-order valence-electron chi connectivity index (χ0n) is 12.2. The van der Waals surface area contributed by atoms with Gasteiger partial charge in [0, 0.05) is 6.07 Å². The molecule has 116 valence electrons. The fourth-order valence-electron chi connectivity index (χ4n) is 2.26. The Morgan fingerprint density at radius 1 is 1.43 bits per heavy atom. The topological polar surface area (TPSA) is 59.6 Å². The maximum Gasteiger partial charge on any atom is 0.226 e. The first kappa shape index (κ1) is 15.7. The molecule has 21 heavy (non-hydrogen) atoms. The van der Waals surface area contributed by atoms with Gasteiger partial charge in [0.05, 0.1) is 31.9 Å². The van der Waals surface area contributed by atoms with E-state index >= 15 is 0 Å². The molecule has 0 spiro atoms. The molecule has 1 aromatic rings. The van der Waals surface area contributed by atoms with Crippen molar-refractivity contribution in [2.24, 2.45) is 0 Å². The smallest absolute Gasteiger partial charge is 0.226 e. The molecular formula is C15H21FN2O3. The molecule has 1 saturated heterocycles. The van der Waals surface area contributed by atoms with Gasteiger partial charge in [-0.15, -0.1) is 0 Å². The summed E-state index contributed by atoms with van der Waals surface area (Å²) in [5.41, 5.74) is 0.464. The van der Waals surface area contributed by atoms with Gasteiger partial charge >= 0.3 is 0 Å². The lowest BCUT2D eigenvalue weighted by molar-refractivity contribution is -0.117. The Bertz CT molecular complexity index is 476. The van der Waals surface area contributed by atoms with E-state index in [1.807, 2.05) is 0 Å². The van der Waals surface area contributed by atoms with E-state index in [9.17, 15) is 9.18 Å². The van der Waals surface area contributed by atoms with Crippen LogP contribution in [0.4, 0.5) is 10.1 Å². The number of methoxy groups -OCH3 is 1. The summed E-state index contributed by atoms with van der Waals surface area (Å²) in [5.74, 6) is -0.268. The predicted molar refractivity (Wildman–Crippen MR) is 78.0 cm³/mol. The lowest BCUT2D eigenvalue weighted by Crippen LogP contribution is -2.33. The van der Waals surface area contributed by atoms with E-state index in [1.54, 1.807) is 0 Å². The van der Waals surface area contributed by atoms with E-state index < -0.39 is 5.82 Å². The monoisotopic (exact) mass is 296 g/mol. The molecule has 1 amide bonds. The minimum absolute atomic E-state index is 0.172. The number of ether oxygens (including phenoxy) is 2. The molecule has 1 fully saturated rings. The van der Waals surface area contributed by atoms with Crippen molar-refractivity contribution in [1.29, 1.82) is 0 Å². The summed E-state index contributed by atoms with van der Waals surface area (Å²) in [5, 5.41) is 5.96. The average molecular weight is 296 g/mol. The lowest BCUT2D eigenvalue weighted by Gasteiger charge is -2.22. The molecule has 0 saturated carbocycles. The molecule has 1 aliphatic heterocycles. The van der Waals surface area contributed by atoms with Gasteiger partial charge in [-0.25, -0.2) is 4.39 Å². The van der Waals surface area contributed by atoms with E-state index in [2.05, 4.69) is 10.6 Å². The molecule has 0 atom stereocenters. The second-order valence-corrected chi connectivity index (χ2v) is 4.96. The van der Waals surface area contributed by atoms with Gasteiger partial charge < -0.3 is 20.1 Å². The number of carbonyl (C=O) groups is 1. The van der Waals surface area contributed by atoms with Crippen molar-refractivity contribution in [3.63, 3.8) is 0 Å². The molecule has 2 rings (SSSR count). The highest BCUT2D eigenvalue weighted by Gasteiger charge is 2.14. The number of rotatable bonds is 6. The number of anilines is 1. The number of hydrogen-bond donors (Lipinski definition) is 2. The van der Waals surface area contributed by atoms with Crippen LogP contribution in [0.2, 0.25) is 0 Å². The Hall–Kier alpha value is -1.66. The summed E-state index contributed by atoms with van der Waals surface area (Å²) in [7, 11) is 1.44. The van der Waals surface area contributed by atoms with Crippen LogP contribution in [0.15, 0.2) is 18.2 Å². The summed E-state index contributed by atoms with van der Waals surface area (Å²) in [6, 6.07) is 4.00. The lowest BCUT2D eigenvalue weighted by atomic mass is 10.1. The van der Waals surface area contributed by atoms with E-state index in [1.165, 1.54) is 25.3 Å². The van der Waals surface area contributed by atoms with Crippen LogP contribution in [0.1, 0.15) is 19.3 Å². The van der Waals surface area contributed by atoms with Crippen LogP contribution in [0.5, 0.6) is 5.75 Å². The molecule has 0 radical (unpaired) electrons. The second kappa shape index (κ2) is 7.95. The zero-order chi connectivity index (χ0) is 15.1. The fourth-order valence-corrected chi connectivity index (χ4v) is 2.26. The van der Waals surface area contributed by atoms with Crippen molar-refractivity contribution in [2.45, 2.75) is 25.4 Å². The van der Waals surface area contributed by atoms with Crippen LogP contribution in [-0.4, -0.2) is 38.8 Å². The Morgan fingerprint density at radius 3 is 2.90 bits per heavy atom. The number of nitrogens with one attached hydrogen (secondary N) is 2. The normalized spacial score (nSPS) is 15.7. The summed E-state index contributed by atoms with van der Waals surface area (Å²) in [4.78, 5) is 11.9. The maximum atomic E-state index is 13.1. The molecule has 1 heterocycles. The van der Waals surface area contributed by atoms with Crippen LogP contribution < -0.4 is 15.4 Å². The molecule has 2 N–H and O–H groups in total. The summed E-state index contributed by atoms with van der Waals surface area (Å²) >= 11 is 0. The van der Waals surface area contributed by atoms with Crippen LogP contribution in [-0.2, 0) is 9.53 Å². The zero-order valence-corrected chi connectivity index (χ0v) is 12.2. The molecule has 0 aromatic heterocycles. The minimum atomic E-state index is -0.404. The Labute approximate surface area is 123 Å². The number of hydrogen-bond acceptors (Lipinski definition) is 4. The summed E-state index contributed by atoms with van der Waals surface area (Å²) < 4.78 is 23.8. The van der Waals surface area contributed by atoms with Crippen LogP contribution in [0.25, 0.3) is 0 Å². The van der Waals surface area contributed by atoms with Crippen molar-refractivity contribution in [3.05, 3.63) is 24.0 Å². The Kier molecular flexibility index (Phi) is 5.95. The van der Waals surface area contributed by atoms with Gasteiger partial charge in [0.2, 0.25) is 5.91 Å². The molecule has 0 bridgehead atoms.